The van der Waals surface area contributed by atoms with E-state index in [1.54, 1.807) is 0 Å². The van der Waals surface area contributed by atoms with Crippen molar-refractivity contribution in [1.82, 2.24) is 4.98 Å². The van der Waals surface area contributed by atoms with Gasteiger partial charge < -0.3 is 4.98 Å². The Balaban J connectivity index is 2.08. The quantitative estimate of drug-likeness (QED) is 0.775. The normalized spacial score (nSPS) is 23.1. The van der Waals surface area contributed by atoms with Gasteiger partial charge in [0.1, 0.15) is 0 Å². The molecule has 1 aliphatic rings. The highest BCUT2D eigenvalue weighted by molar-refractivity contribution is 5.80. The van der Waals surface area contributed by atoms with Crippen LogP contribution < -0.4 is 0 Å². The van der Waals surface area contributed by atoms with Crippen LogP contribution in [0.15, 0.2) is 54.6 Å². The monoisotopic (exact) mass is 251 g/mol. The van der Waals surface area contributed by atoms with E-state index in [4.69, 9.17) is 0 Å². The zero-order chi connectivity index (χ0) is 13.5. The van der Waals surface area contributed by atoms with Crippen LogP contribution in [-0.4, -0.2) is 4.98 Å². The Kier molecular flexibility index (Phi) is 2.67. The average molecular weight is 251 g/mol. The standard InChI is InChI=1S/C18H21N/c1-17(2,18(3)11-7-4-8-12-18)16-13-14-9-5-6-10-15(14)19-16/h4-11,13,19H,12H2,1-3H3. The number of hydrogen-bond donors (Lipinski definition) is 1. The van der Waals surface area contributed by atoms with Gasteiger partial charge in [-0.1, -0.05) is 63.3 Å². The largest absolute Gasteiger partial charge is 0.358 e. The Bertz CT molecular complexity index is 624. The molecule has 0 aliphatic heterocycles. The molecule has 1 heteroatoms. The van der Waals surface area contributed by atoms with Gasteiger partial charge in [0.05, 0.1) is 0 Å². The molecular weight excluding hydrogens is 230 g/mol. The number of fused-ring (bicyclic) bond motifs is 1. The molecule has 1 nitrogen and oxygen atoms in total. The molecule has 0 bridgehead atoms. The summed E-state index contributed by atoms with van der Waals surface area (Å²) in [6, 6.07) is 10.8. The molecule has 1 heterocycles. The van der Waals surface area contributed by atoms with Crippen LogP contribution in [0.4, 0.5) is 0 Å². The molecule has 1 atom stereocenters. The second-order valence-corrected chi connectivity index (χ2v) is 6.30. The molecule has 1 N–H and O–H groups in total. The van der Waals surface area contributed by atoms with Gasteiger partial charge in [-0.2, -0.15) is 0 Å². The molecule has 98 valence electrons. The molecule has 1 unspecified atom stereocenters. The van der Waals surface area contributed by atoms with Crippen LogP contribution in [0, 0.1) is 5.41 Å². The van der Waals surface area contributed by atoms with E-state index in [9.17, 15) is 0 Å². The predicted molar refractivity (Wildman–Crippen MR) is 82.3 cm³/mol. The van der Waals surface area contributed by atoms with Crippen LogP contribution in [0.25, 0.3) is 10.9 Å². The number of rotatable bonds is 2. The van der Waals surface area contributed by atoms with E-state index in [1.807, 2.05) is 0 Å². The number of allylic oxidation sites excluding steroid dienone is 4. The van der Waals surface area contributed by atoms with Crippen molar-refractivity contribution in [1.29, 1.82) is 0 Å². The van der Waals surface area contributed by atoms with Crippen LogP contribution in [-0.2, 0) is 5.41 Å². The molecule has 2 aromatic rings. The summed E-state index contributed by atoms with van der Waals surface area (Å²) < 4.78 is 0. The number of H-pyrrole nitrogens is 1. The molecule has 1 aromatic heterocycles. The van der Waals surface area contributed by atoms with E-state index in [1.165, 1.54) is 16.6 Å². The van der Waals surface area contributed by atoms with E-state index < -0.39 is 0 Å². The van der Waals surface area contributed by atoms with Crippen molar-refractivity contribution in [3.05, 3.63) is 60.3 Å². The molecule has 3 rings (SSSR count). The summed E-state index contributed by atoms with van der Waals surface area (Å²) in [4.78, 5) is 3.60. The van der Waals surface area contributed by atoms with E-state index in [0.717, 1.165) is 6.42 Å². The third-order valence-electron chi connectivity index (χ3n) is 4.88. The minimum atomic E-state index is 0.0767. The maximum absolute atomic E-state index is 3.60. The van der Waals surface area contributed by atoms with Crippen LogP contribution in [0.3, 0.4) is 0 Å². The number of aromatic amines is 1. The van der Waals surface area contributed by atoms with E-state index in [-0.39, 0.29) is 10.8 Å². The molecule has 0 fully saturated rings. The molecule has 1 aromatic carbocycles. The fraction of sp³-hybridized carbons (Fsp3) is 0.333. The summed E-state index contributed by atoms with van der Waals surface area (Å²) in [5.41, 5.74) is 2.77. The lowest BCUT2D eigenvalue weighted by molar-refractivity contribution is 0.235. The Morgan fingerprint density at radius 1 is 1.16 bits per heavy atom. The van der Waals surface area contributed by atoms with Crippen LogP contribution in [0.1, 0.15) is 32.9 Å². The highest BCUT2D eigenvalue weighted by Gasteiger charge is 2.40. The summed E-state index contributed by atoms with van der Waals surface area (Å²) in [6.45, 7) is 7.01. The summed E-state index contributed by atoms with van der Waals surface area (Å²) in [5.74, 6) is 0. The number of nitrogens with one attached hydrogen (secondary N) is 1. The first-order valence-electron chi connectivity index (χ1n) is 6.96. The van der Waals surface area contributed by atoms with Gasteiger partial charge in [-0.25, -0.2) is 0 Å². The third-order valence-corrected chi connectivity index (χ3v) is 4.88. The van der Waals surface area contributed by atoms with Gasteiger partial charge in [0.2, 0.25) is 0 Å². The Morgan fingerprint density at radius 2 is 1.95 bits per heavy atom. The van der Waals surface area contributed by atoms with Crippen LogP contribution >= 0.6 is 0 Å². The molecule has 19 heavy (non-hydrogen) atoms. The smallest absolute Gasteiger partial charge is 0.0456 e. The fourth-order valence-corrected chi connectivity index (χ4v) is 2.91. The average Bonchev–Trinajstić information content (AvgIpc) is 2.84. The molecule has 0 amide bonds. The first kappa shape index (κ1) is 12.3. The molecule has 0 saturated heterocycles. The molecule has 0 spiro atoms. The number of aromatic nitrogens is 1. The van der Waals surface area contributed by atoms with Gasteiger partial charge in [0.25, 0.3) is 0 Å². The van der Waals surface area contributed by atoms with Crippen molar-refractivity contribution >= 4 is 10.9 Å². The lowest BCUT2D eigenvalue weighted by atomic mass is 9.62. The fourth-order valence-electron chi connectivity index (χ4n) is 2.91. The second-order valence-electron chi connectivity index (χ2n) is 6.30. The highest BCUT2D eigenvalue weighted by atomic mass is 14.7. The van der Waals surface area contributed by atoms with Gasteiger partial charge in [-0.3, -0.25) is 0 Å². The van der Waals surface area contributed by atoms with Gasteiger partial charge in [-0.05, 0) is 29.4 Å². The van der Waals surface area contributed by atoms with Crippen molar-refractivity contribution in [2.45, 2.75) is 32.6 Å². The Hall–Kier alpha value is -1.76. The number of para-hydroxylation sites is 1. The van der Waals surface area contributed by atoms with Crippen LogP contribution in [0.5, 0.6) is 0 Å². The zero-order valence-corrected chi connectivity index (χ0v) is 11.9. The Morgan fingerprint density at radius 3 is 2.63 bits per heavy atom. The molecule has 0 saturated carbocycles. The van der Waals surface area contributed by atoms with Crippen molar-refractivity contribution in [3.63, 3.8) is 0 Å². The van der Waals surface area contributed by atoms with E-state index in [0.29, 0.717) is 0 Å². The van der Waals surface area contributed by atoms with Gasteiger partial charge in [0, 0.05) is 16.6 Å². The van der Waals surface area contributed by atoms with Gasteiger partial charge >= 0.3 is 0 Å². The maximum atomic E-state index is 3.60. The number of hydrogen-bond acceptors (Lipinski definition) is 0. The van der Waals surface area contributed by atoms with Crippen molar-refractivity contribution in [3.8, 4) is 0 Å². The minimum Gasteiger partial charge on any atom is -0.358 e. The lowest BCUT2D eigenvalue weighted by Gasteiger charge is -2.42. The summed E-state index contributed by atoms with van der Waals surface area (Å²) in [6.07, 6.45) is 10.0. The summed E-state index contributed by atoms with van der Waals surface area (Å²) in [5, 5.41) is 1.30. The first-order chi connectivity index (χ1) is 9.03. The van der Waals surface area contributed by atoms with E-state index >= 15 is 0 Å². The molecule has 1 aliphatic carbocycles. The van der Waals surface area contributed by atoms with Gasteiger partial charge in [-0.15, -0.1) is 0 Å². The van der Waals surface area contributed by atoms with Crippen molar-refractivity contribution in [2.75, 3.05) is 0 Å². The minimum absolute atomic E-state index is 0.0767. The number of benzene rings is 1. The van der Waals surface area contributed by atoms with Crippen LogP contribution in [0.2, 0.25) is 0 Å². The second kappa shape index (κ2) is 4.12. The third kappa shape index (κ3) is 1.85. The Labute approximate surface area is 115 Å². The first-order valence-corrected chi connectivity index (χ1v) is 6.96. The summed E-state index contributed by atoms with van der Waals surface area (Å²) in [7, 11) is 0. The molecular formula is C18H21N. The topological polar surface area (TPSA) is 15.8 Å². The van der Waals surface area contributed by atoms with Crippen molar-refractivity contribution in [2.24, 2.45) is 5.41 Å². The highest BCUT2D eigenvalue weighted by Crippen LogP contribution is 2.46. The SMILES string of the molecule is CC1(C(C)(C)c2cc3ccccc3[nH]2)C=CC=CC1. The summed E-state index contributed by atoms with van der Waals surface area (Å²) >= 11 is 0. The molecule has 0 radical (unpaired) electrons. The van der Waals surface area contributed by atoms with Gasteiger partial charge in [0.15, 0.2) is 0 Å². The predicted octanol–water partition coefficient (Wildman–Crippen LogP) is 4.97. The van der Waals surface area contributed by atoms with E-state index in [2.05, 4.69) is 80.4 Å². The maximum Gasteiger partial charge on any atom is 0.0456 e. The lowest BCUT2D eigenvalue weighted by Crippen LogP contribution is -2.38. The zero-order valence-electron chi connectivity index (χ0n) is 11.9. The van der Waals surface area contributed by atoms with Crippen molar-refractivity contribution < 1.29 is 0 Å².